The molecule has 0 bridgehead atoms. The van der Waals surface area contributed by atoms with Crippen LogP contribution in [0.4, 0.5) is 0 Å². The smallest absolute Gasteiger partial charge is 0.275 e. The first-order chi connectivity index (χ1) is 10.1. The summed E-state index contributed by atoms with van der Waals surface area (Å²) in [6.07, 6.45) is 0. The van der Waals surface area contributed by atoms with E-state index in [1.807, 2.05) is 36.1 Å². The Morgan fingerprint density at radius 3 is 2.67 bits per heavy atom. The summed E-state index contributed by atoms with van der Waals surface area (Å²) in [6, 6.07) is 7.77. The summed E-state index contributed by atoms with van der Waals surface area (Å²) >= 11 is 1.39. The van der Waals surface area contributed by atoms with E-state index < -0.39 is 0 Å². The number of hydrogen-bond donors (Lipinski definition) is 3. The SMILES string of the molecule is CCN(CC(N)=O)Cc1c(C(=O)NN)sc2ccccc12. The third-order valence-corrected chi connectivity index (χ3v) is 4.46. The number of primary amides is 1. The summed E-state index contributed by atoms with van der Waals surface area (Å²) in [7, 11) is 0. The number of rotatable bonds is 6. The number of amides is 2. The Hall–Kier alpha value is -1.96. The maximum atomic E-state index is 12.0. The minimum absolute atomic E-state index is 0.157. The summed E-state index contributed by atoms with van der Waals surface area (Å²) in [5.74, 6) is 4.55. The molecule has 0 spiro atoms. The first kappa shape index (κ1) is 15.4. The van der Waals surface area contributed by atoms with E-state index in [1.165, 1.54) is 11.3 Å². The number of nitrogen functional groups attached to an aromatic ring is 1. The summed E-state index contributed by atoms with van der Waals surface area (Å²) in [5.41, 5.74) is 8.31. The van der Waals surface area contributed by atoms with Crippen molar-refractivity contribution in [2.75, 3.05) is 13.1 Å². The molecule has 7 heteroatoms. The van der Waals surface area contributed by atoms with Crippen LogP contribution in [0.2, 0.25) is 0 Å². The molecule has 1 aromatic carbocycles. The fourth-order valence-electron chi connectivity index (χ4n) is 2.23. The quantitative estimate of drug-likeness (QED) is 0.417. The second kappa shape index (κ2) is 6.66. The topological polar surface area (TPSA) is 101 Å². The average molecular weight is 306 g/mol. The molecule has 0 aliphatic carbocycles. The van der Waals surface area contributed by atoms with Gasteiger partial charge in [0.15, 0.2) is 0 Å². The maximum Gasteiger partial charge on any atom is 0.275 e. The summed E-state index contributed by atoms with van der Waals surface area (Å²) < 4.78 is 1.02. The molecule has 6 nitrogen and oxygen atoms in total. The van der Waals surface area contributed by atoms with E-state index in [0.717, 1.165) is 15.6 Å². The lowest BCUT2D eigenvalue weighted by Crippen LogP contribution is -2.34. The van der Waals surface area contributed by atoms with Crippen LogP contribution >= 0.6 is 11.3 Å². The van der Waals surface area contributed by atoms with Gasteiger partial charge in [-0.1, -0.05) is 25.1 Å². The number of hydrazine groups is 1. The third-order valence-electron chi connectivity index (χ3n) is 3.24. The van der Waals surface area contributed by atoms with Crippen molar-refractivity contribution in [2.24, 2.45) is 11.6 Å². The molecule has 1 heterocycles. The number of nitrogens with two attached hydrogens (primary N) is 2. The molecule has 0 saturated carbocycles. The number of nitrogens with one attached hydrogen (secondary N) is 1. The monoisotopic (exact) mass is 306 g/mol. The number of carbonyl (C=O) groups is 2. The lowest BCUT2D eigenvalue weighted by molar-refractivity contribution is -0.119. The molecule has 2 aromatic rings. The number of benzene rings is 1. The molecule has 0 atom stereocenters. The van der Waals surface area contributed by atoms with Crippen LogP contribution in [0.25, 0.3) is 10.1 Å². The van der Waals surface area contributed by atoms with Crippen molar-refractivity contribution in [3.8, 4) is 0 Å². The Kier molecular flexibility index (Phi) is 4.89. The second-order valence-corrected chi connectivity index (χ2v) is 5.70. The largest absolute Gasteiger partial charge is 0.369 e. The van der Waals surface area contributed by atoms with Crippen molar-refractivity contribution in [1.29, 1.82) is 0 Å². The highest BCUT2D eigenvalue weighted by Gasteiger charge is 2.19. The van der Waals surface area contributed by atoms with Crippen LogP contribution in [-0.4, -0.2) is 29.8 Å². The lowest BCUT2D eigenvalue weighted by atomic mass is 10.1. The van der Waals surface area contributed by atoms with E-state index in [9.17, 15) is 9.59 Å². The predicted octanol–water partition coefficient (Wildman–Crippen LogP) is 0.812. The molecule has 2 rings (SSSR count). The highest BCUT2D eigenvalue weighted by atomic mass is 32.1. The van der Waals surface area contributed by atoms with E-state index in [-0.39, 0.29) is 18.4 Å². The molecule has 0 saturated heterocycles. The lowest BCUT2D eigenvalue weighted by Gasteiger charge is -2.19. The standard InChI is InChI=1S/C14H18N4O2S/c1-2-18(8-12(15)19)7-10-9-5-3-4-6-11(9)21-13(10)14(20)17-16/h3-6H,2,7-8,16H2,1H3,(H2,15,19)(H,17,20). The third kappa shape index (κ3) is 3.38. The number of carbonyl (C=O) groups excluding carboxylic acids is 2. The van der Waals surface area contributed by atoms with Gasteiger partial charge in [0, 0.05) is 11.2 Å². The van der Waals surface area contributed by atoms with Gasteiger partial charge in [-0.25, -0.2) is 5.84 Å². The molecule has 0 fully saturated rings. The molecule has 5 N–H and O–H groups in total. The second-order valence-electron chi connectivity index (χ2n) is 4.65. The minimum Gasteiger partial charge on any atom is -0.369 e. The highest BCUT2D eigenvalue weighted by molar-refractivity contribution is 7.21. The fraction of sp³-hybridized carbons (Fsp3) is 0.286. The number of nitrogens with zero attached hydrogens (tertiary/aromatic N) is 1. The zero-order chi connectivity index (χ0) is 15.4. The number of thiophene rings is 1. The van der Waals surface area contributed by atoms with E-state index in [0.29, 0.717) is 18.0 Å². The molecular formula is C14H18N4O2S. The van der Waals surface area contributed by atoms with Crippen molar-refractivity contribution >= 4 is 33.2 Å². The van der Waals surface area contributed by atoms with Gasteiger partial charge in [0.1, 0.15) is 0 Å². The van der Waals surface area contributed by atoms with Gasteiger partial charge in [-0.2, -0.15) is 0 Å². The van der Waals surface area contributed by atoms with E-state index in [1.54, 1.807) is 0 Å². The zero-order valence-electron chi connectivity index (χ0n) is 11.8. The summed E-state index contributed by atoms with van der Waals surface area (Å²) in [5, 5.41) is 1.00. The molecule has 0 unspecified atom stereocenters. The van der Waals surface area contributed by atoms with Crippen LogP contribution in [0.15, 0.2) is 24.3 Å². The van der Waals surface area contributed by atoms with Gasteiger partial charge in [0.25, 0.3) is 5.91 Å². The van der Waals surface area contributed by atoms with Gasteiger partial charge >= 0.3 is 0 Å². The van der Waals surface area contributed by atoms with Gasteiger partial charge in [-0.15, -0.1) is 11.3 Å². The zero-order valence-corrected chi connectivity index (χ0v) is 12.6. The number of likely N-dealkylation sites (N-methyl/N-ethyl adjacent to an activating group) is 1. The Labute approximate surface area is 126 Å². The molecule has 1 aromatic heterocycles. The van der Waals surface area contributed by atoms with E-state index >= 15 is 0 Å². The van der Waals surface area contributed by atoms with Gasteiger partial charge in [0.05, 0.1) is 11.4 Å². The summed E-state index contributed by atoms with van der Waals surface area (Å²) in [6.45, 7) is 3.24. The molecular weight excluding hydrogens is 288 g/mol. The minimum atomic E-state index is -0.388. The van der Waals surface area contributed by atoms with Gasteiger partial charge in [0.2, 0.25) is 5.91 Å². The van der Waals surface area contributed by atoms with Crippen molar-refractivity contribution in [2.45, 2.75) is 13.5 Å². The molecule has 0 aliphatic rings. The molecule has 112 valence electrons. The van der Waals surface area contributed by atoms with Crippen molar-refractivity contribution in [3.63, 3.8) is 0 Å². The first-order valence-corrected chi connectivity index (χ1v) is 7.40. The average Bonchev–Trinajstić information content (AvgIpc) is 2.84. The molecule has 0 radical (unpaired) electrons. The first-order valence-electron chi connectivity index (χ1n) is 6.58. The van der Waals surface area contributed by atoms with Gasteiger partial charge in [-0.3, -0.25) is 19.9 Å². The molecule has 2 amide bonds. The van der Waals surface area contributed by atoms with Crippen molar-refractivity contribution in [1.82, 2.24) is 10.3 Å². The van der Waals surface area contributed by atoms with E-state index in [4.69, 9.17) is 11.6 Å². The fourth-order valence-corrected chi connectivity index (χ4v) is 3.35. The van der Waals surface area contributed by atoms with Gasteiger partial charge in [-0.05, 0) is 23.6 Å². The van der Waals surface area contributed by atoms with Crippen LogP contribution in [0.5, 0.6) is 0 Å². The predicted molar refractivity (Wildman–Crippen MR) is 83.6 cm³/mol. The van der Waals surface area contributed by atoms with Crippen LogP contribution < -0.4 is 17.0 Å². The van der Waals surface area contributed by atoms with Crippen molar-refractivity contribution in [3.05, 3.63) is 34.7 Å². The maximum absolute atomic E-state index is 12.0. The van der Waals surface area contributed by atoms with Crippen molar-refractivity contribution < 1.29 is 9.59 Å². The van der Waals surface area contributed by atoms with Crippen LogP contribution in [0.3, 0.4) is 0 Å². The molecule has 0 aliphatic heterocycles. The number of hydrogen-bond acceptors (Lipinski definition) is 5. The van der Waals surface area contributed by atoms with Crippen LogP contribution in [-0.2, 0) is 11.3 Å². The Morgan fingerprint density at radius 2 is 2.05 bits per heavy atom. The normalized spacial score (nSPS) is 11.0. The highest BCUT2D eigenvalue weighted by Crippen LogP contribution is 2.32. The van der Waals surface area contributed by atoms with Crippen LogP contribution in [0.1, 0.15) is 22.2 Å². The van der Waals surface area contributed by atoms with E-state index in [2.05, 4.69) is 5.43 Å². The van der Waals surface area contributed by atoms with Crippen LogP contribution in [0, 0.1) is 0 Å². The Bertz CT molecular complexity index is 668. The molecule has 21 heavy (non-hydrogen) atoms. The Balaban J connectivity index is 2.44. The number of fused-ring (bicyclic) bond motifs is 1. The van der Waals surface area contributed by atoms with Gasteiger partial charge < -0.3 is 5.73 Å². The summed E-state index contributed by atoms with van der Waals surface area (Å²) in [4.78, 5) is 25.5. The Morgan fingerprint density at radius 1 is 1.33 bits per heavy atom.